The fraction of sp³-hybridized carbons (Fsp3) is 0.278. The average molecular weight is 378 g/mol. The molecule has 0 aliphatic heterocycles. The number of nitrogens with one attached hydrogen (secondary N) is 2. The van der Waals surface area contributed by atoms with Crippen LogP contribution < -0.4 is 19.5 Å². The molecule has 0 unspecified atom stereocenters. The molecule has 8 heteroatoms. The lowest BCUT2D eigenvalue weighted by Gasteiger charge is -2.14. The number of carbonyl (C=O) groups is 1. The Morgan fingerprint density at radius 1 is 1.12 bits per heavy atom. The molecule has 0 aromatic heterocycles. The van der Waals surface area contributed by atoms with E-state index in [1.54, 1.807) is 12.1 Å². The first-order valence-corrected chi connectivity index (χ1v) is 9.73. The number of rotatable bonds is 7. The van der Waals surface area contributed by atoms with Crippen LogP contribution in [0.1, 0.15) is 11.1 Å². The summed E-state index contributed by atoms with van der Waals surface area (Å²) in [6, 6.07) is 10.4. The summed E-state index contributed by atoms with van der Waals surface area (Å²) in [6.07, 6.45) is 1.04. The maximum Gasteiger partial charge on any atom is 0.262 e. The van der Waals surface area contributed by atoms with E-state index in [1.165, 1.54) is 13.2 Å². The van der Waals surface area contributed by atoms with Gasteiger partial charge in [0.05, 0.1) is 19.1 Å². The minimum atomic E-state index is -3.48. The van der Waals surface area contributed by atoms with Gasteiger partial charge in [0.25, 0.3) is 5.91 Å². The van der Waals surface area contributed by atoms with E-state index in [4.69, 9.17) is 9.47 Å². The molecule has 26 heavy (non-hydrogen) atoms. The van der Waals surface area contributed by atoms with Crippen molar-refractivity contribution in [3.63, 3.8) is 0 Å². The molecule has 0 aliphatic rings. The van der Waals surface area contributed by atoms with Gasteiger partial charge in [-0.25, -0.2) is 8.42 Å². The quantitative estimate of drug-likeness (QED) is 0.773. The lowest BCUT2D eigenvalue weighted by molar-refractivity contribution is -0.118. The molecule has 0 atom stereocenters. The molecule has 0 saturated heterocycles. The third kappa shape index (κ3) is 5.38. The number of sulfonamides is 1. The van der Waals surface area contributed by atoms with Gasteiger partial charge in [0.1, 0.15) is 11.5 Å². The van der Waals surface area contributed by atoms with E-state index >= 15 is 0 Å². The molecule has 0 fully saturated rings. The Bertz CT molecular complexity index is 890. The zero-order valence-electron chi connectivity index (χ0n) is 15.1. The Morgan fingerprint density at radius 3 is 2.35 bits per heavy atom. The number of hydrogen-bond donors (Lipinski definition) is 2. The summed E-state index contributed by atoms with van der Waals surface area (Å²) in [6.45, 7) is 3.66. The van der Waals surface area contributed by atoms with E-state index < -0.39 is 10.0 Å². The van der Waals surface area contributed by atoms with Crippen LogP contribution >= 0.6 is 0 Å². The van der Waals surface area contributed by atoms with Crippen LogP contribution in [-0.4, -0.2) is 34.3 Å². The van der Waals surface area contributed by atoms with Crippen molar-refractivity contribution in [2.24, 2.45) is 0 Å². The summed E-state index contributed by atoms with van der Waals surface area (Å²) in [4.78, 5) is 12.2. The highest BCUT2D eigenvalue weighted by Crippen LogP contribution is 2.28. The van der Waals surface area contributed by atoms with E-state index in [9.17, 15) is 13.2 Å². The average Bonchev–Trinajstić information content (AvgIpc) is 2.53. The molecule has 1 amide bonds. The number of anilines is 2. The molecule has 140 valence electrons. The van der Waals surface area contributed by atoms with Gasteiger partial charge in [-0.2, -0.15) is 0 Å². The molecule has 7 nitrogen and oxygen atoms in total. The molecule has 2 rings (SSSR count). The molecule has 2 aromatic carbocycles. The van der Waals surface area contributed by atoms with Crippen LogP contribution in [0.3, 0.4) is 0 Å². The molecule has 0 saturated carbocycles. The van der Waals surface area contributed by atoms with Gasteiger partial charge in [0, 0.05) is 5.69 Å². The van der Waals surface area contributed by atoms with Crippen LogP contribution in [0, 0.1) is 13.8 Å². The molecule has 2 N–H and O–H groups in total. The van der Waals surface area contributed by atoms with Crippen LogP contribution in [-0.2, 0) is 14.8 Å². The van der Waals surface area contributed by atoms with Gasteiger partial charge >= 0.3 is 0 Å². The molecule has 0 bridgehead atoms. The Labute approximate surface area is 153 Å². The summed E-state index contributed by atoms with van der Waals surface area (Å²) in [5, 5.41) is 2.67. The fourth-order valence-electron chi connectivity index (χ4n) is 2.43. The lowest BCUT2D eigenvalue weighted by Crippen LogP contribution is -2.21. The first-order chi connectivity index (χ1) is 12.2. The van der Waals surface area contributed by atoms with Gasteiger partial charge in [-0.3, -0.25) is 9.52 Å². The number of para-hydroxylation sites is 1. The standard InChI is InChI=1S/C18H22N2O5S/c1-12-6-5-7-13(2)18(12)25-11-17(21)19-14-8-9-16(24-3)15(10-14)20-26(4,22)23/h5-10,20H,11H2,1-4H3,(H,19,21). The second-order valence-corrected chi connectivity index (χ2v) is 7.60. The van der Waals surface area contributed by atoms with Gasteiger partial charge in [0.15, 0.2) is 6.61 Å². The highest BCUT2D eigenvalue weighted by molar-refractivity contribution is 7.92. The van der Waals surface area contributed by atoms with Gasteiger partial charge in [-0.1, -0.05) is 18.2 Å². The van der Waals surface area contributed by atoms with Crippen molar-refractivity contribution in [3.05, 3.63) is 47.5 Å². The predicted octanol–water partition coefficient (Wildman–Crippen LogP) is 2.70. The zero-order valence-corrected chi connectivity index (χ0v) is 15.9. The number of hydrogen-bond acceptors (Lipinski definition) is 5. The van der Waals surface area contributed by atoms with E-state index in [-0.39, 0.29) is 18.2 Å². The monoisotopic (exact) mass is 378 g/mol. The van der Waals surface area contributed by atoms with E-state index in [1.807, 2.05) is 32.0 Å². The van der Waals surface area contributed by atoms with Crippen LogP contribution in [0.4, 0.5) is 11.4 Å². The Hall–Kier alpha value is -2.74. The first kappa shape index (κ1) is 19.6. The third-order valence-electron chi connectivity index (χ3n) is 3.53. The summed E-state index contributed by atoms with van der Waals surface area (Å²) in [5.74, 6) is 0.667. The highest BCUT2D eigenvalue weighted by atomic mass is 32.2. The third-order valence-corrected chi connectivity index (χ3v) is 4.13. The van der Waals surface area contributed by atoms with Crippen LogP contribution in [0.15, 0.2) is 36.4 Å². The number of benzene rings is 2. The molecule has 0 aliphatic carbocycles. The Balaban J connectivity index is 2.08. The SMILES string of the molecule is COc1ccc(NC(=O)COc2c(C)cccc2C)cc1NS(C)(=O)=O. The topological polar surface area (TPSA) is 93.7 Å². The van der Waals surface area contributed by atoms with E-state index in [0.717, 1.165) is 17.4 Å². The summed E-state index contributed by atoms with van der Waals surface area (Å²) < 4.78 is 36.0. The fourth-order valence-corrected chi connectivity index (χ4v) is 2.99. The maximum atomic E-state index is 12.2. The van der Waals surface area contributed by atoms with Crippen LogP contribution in [0.5, 0.6) is 11.5 Å². The molecular formula is C18H22N2O5S. The Morgan fingerprint density at radius 2 is 1.77 bits per heavy atom. The minimum Gasteiger partial charge on any atom is -0.495 e. The van der Waals surface area contributed by atoms with E-state index in [2.05, 4.69) is 10.0 Å². The molecule has 0 heterocycles. The zero-order chi connectivity index (χ0) is 19.3. The van der Waals surface area contributed by atoms with Crippen molar-refractivity contribution in [1.82, 2.24) is 0 Å². The van der Waals surface area contributed by atoms with Crippen molar-refractivity contribution < 1.29 is 22.7 Å². The second-order valence-electron chi connectivity index (χ2n) is 5.85. The number of ether oxygens (including phenoxy) is 2. The highest BCUT2D eigenvalue weighted by Gasteiger charge is 2.12. The van der Waals surface area contributed by atoms with E-state index in [0.29, 0.717) is 17.2 Å². The molecule has 0 spiro atoms. The number of carbonyl (C=O) groups excluding carboxylic acids is 1. The number of methoxy groups -OCH3 is 1. The van der Waals surface area contributed by atoms with Crippen LogP contribution in [0.25, 0.3) is 0 Å². The number of aryl methyl sites for hydroxylation is 2. The lowest BCUT2D eigenvalue weighted by atomic mass is 10.1. The molecule has 0 radical (unpaired) electrons. The maximum absolute atomic E-state index is 12.2. The summed E-state index contributed by atoms with van der Waals surface area (Å²) >= 11 is 0. The Kier molecular flexibility index (Phi) is 6.10. The summed E-state index contributed by atoms with van der Waals surface area (Å²) in [5.41, 5.74) is 2.55. The van der Waals surface area contributed by atoms with Gasteiger partial charge in [-0.15, -0.1) is 0 Å². The molecular weight excluding hydrogens is 356 g/mol. The van der Waals surface area contributed by atoms with Gasteiger partial charge in [0.2, 0.25) is 10.0 Å². The smallest absolute Gasteiger partial charge is 0.262 e. The first-order valence-electron chi connectivity index (χ1n) is 7.84. The summed E-state index contributed by atoms with van der Waals surface area (Å²) in [7, 11) is -2.05. The normalized spacial score (nSPS) is 10.9. The van der Waals surface area contributed by atoms with Gasteiger partial charge < -0.3 is 14.8 Å². The van der Waals surface area contributed by atoms with Gasteiger partial charge in [-0.05, 0) is 43.2 Å². The van der Waals surface area contributed by atoms with Crippen molar-refractivity contribution in [1.29, 1.82) is 0 Å². The minimum absolute atomic E-state index is 0.160. The predicted molar refractivity (Wildman–Crippen MR) is 102 cm³/mol. The number of amides is 1. The van der Waals surface area contributed by atoms with Crippen molar-refractivity contribution in [2.75, 3.05) is 30.0 Å². The molecule has 2 aromatic rings. The second kappa shape index (κ2) is 8.09. The largest absolute Gasteiger partial charge is 0.495 e. The van der Waals surface area contributed by atoms with Crippen molar-refractivity contribution >= 4 is 27.3 Å². The van der Waals surface area contributed by atoms with Crippen LogP contribution in [0.2, 0.25) is 0 Å². The van der Waals surface area contributed by atoms with Crippen molar-refractivity contribution in [3.8, 4) is 11.5 Å². The van der Waals surface area contributed by atoms with Crippen molar-refractivity contribution in [2.45, 2.75) is 13.8 Å².